The van der Waals surface area contributed by atoms with Crippen molar-refractivity contribution < 1.29 is 14.3 Å². The number of aromatic nitrogens is 6. The second kappa shape index (κ2) is 14.7. The Balaban J connectivity index is 1.10. The van der Waals surface area contributed by atoms with E-state index in [4.69, 9.17) is 21.3 Å². The Kier molecular flexibility index (Phi) is 10.1. The number of amides is 2. The van der Waals surface area contributed by atoms with Crippen molar-refractivity contribution in [2.75, 3.05) is 6.61 Å². The number of nitrogens with one attached hydrogen (secondary N) is 2. The van der Waals surface area contributed by atoms with Crippen LogP contribution in [0.25, 0.3) is 22.5 Å². The number of halogens is 1. The Morgan fingerprint density at radius 1 is 0.935 bits per heavy atom. The zero-order valence-corrected chi connectivity index (χ0v) is 27.0. The van der Waals surface area contributed by atoms with E-state index in [1.165, 1.54) is 0 Å². The van der Waals surface area contributed by atoms with E-state index >= 15 is 0 Å². The van der Waals surface area contributed by atoms with Crippen molar-refractivity contribution in [2.24, 2.45) is 0 Å². The van der Waals surface area contributed by atoms with Gasteiger partial charge in [-0.2, -0.15) is 5.21 Å². The van der Waals surface area contributed by atoms with Gasteiger partial charge in [0.2, 0.25) is 11.7 Å². The third kappa shape index (κ3) is 7.48. The molecule has 1 aliphatic rings. The molecule has 46 heavy (non-hydrogen) atoms. The molecular weight excluding hydrogens is 622 g/mol. The molecule has 0 radical (unpaired) electrons. The Hall–Kier alpha value is -4.48. The average molecular weight is 656 g/mol. The predicted octanol–water partition coefficient (Wildman–Crippen LogP) is 6.68. The van der Waals surface area contributed by atoms with E-state index in [1.54, 1.807) is 0 Å². The van der Waals surface area contributed by atoms with Gasteiger partial charge in [-0.25, -0.2) is 4.98 Å². The number of hydrogen-bond acceptors (Lipinski definition) is 8. The third-order valence-electron chi connectivity index (χ3n) is 7.91. The van der Waals surface area contributed by atoms with Crippen LogP contribution >= 0.6 is 23.4 Å². The minimum absolute atomic E-state index is 0.231. The first-order chi connectivity index (χ1) is 22.5. The van der Waals surface area contributed by atoms with Crippen LogP contribution in [0, 0.1) is 0 Å². The van der Waals surface area contributed by atoms with Gasteiger partial charge in [-0.3, -0.25) is 14.9 Å². The highest BCUT2D eigenvalue weighted by molar-refractivity contribution is 8.15. The second-order valence-corrected chi connectivity index (χ2v) is 12.6. The molecule has 2 amide bonds. The topological polar surface area (TPSA) is 128 Å². The number of imide groups is 1. The summed E-state index contributed by atoms with van der Waals surface area (Å²) in [5, 5.41) is 16.8. The van der Waals surface area contributed by atoms with Crippen molar-refractivity contribution in [3.63, 3.8) is 0 Å². The molecule has 10 nitrogen and oxygen atoms in total. The van der Waals surface area contributed by atoms with Crippen LogP contribution in [-0.2, 0) is 30.6 Å². The van der Waals surface area contributed by atoms with Crippen LogP contribution in [0.1, 0.15) is 48.8 Å². The zero-order valence-electron chi connectivity index (χ0n) is 25.4. The largest absolute Gasteiger partial charge is 0.494 e. The second-order valence-electron chi connectivity index (χ2n) is 11.1. The van der Waals surface area contributed by atoms with Crippen LogP contribution in [0.4, 0.5) is 4.79 Å². The molecule has 1 atom stereocenters. The Morgan fingerprint density at radius 3 is 2.39 bits per heavy atom. The van der Waals surface area contributed by atoms with Gasteiger partial charge in [0.25, 0.3) is 5.24 Å². The molecule has 236 valence electrons. The fourth-order valence-electron chi connectivity index (χ4n) is 5.53. The lowest BCUT2D eigenvalue weighted by atomic mass is 9.98. The van der Waals surface area contributed by atoms with Crippen LogP contribution in [0.3, 0.4) is 0 Å². The van der Waals surface area contributed by atoms with Crippen molar-refractivity contribution >= 4 is 34.5 Å². The lowest BCUT2D eigenvalue weighted by Crippen LogP contribution is -2.25. The number of aryl methyl sites for hydroxylation is 1. The van der Waals surface area contributed by atoms with Crippen LogP contribution in [0.15, 0.2) is 72.8 Å². The maximum absolute atomic E-state index is 11.9. The van der Waals surface area contributed by atoms with Crippen molar-refractivity contribution in [2.45, 2.75) is 57.2 Å². The Bertz CT molecular complexity index is 1790. The molecule has 3 heterocycles. The molecule has 0 aliphatic carbocycles. The average Bonchev–Trinajstić information content (AvgIpc) is 3.79. The number of tetrazole rings is 1. The Labute approximate surface area is 276 Å². The summed E-state index contributed by atoms with van der Waals surface area (Å²) in [4.78, 5) is 28.1. The van der Waals surface area contributed by atoms with Gasteiger partial charge in [0.1, 0.15) is 11.6 Å². The van der Waals surface area contributed by atoms with E-state index in [0.29, 0.717) is 30.5 Å². The first-order valence-electron chi connectivity index (χ1n) is 15.4. The number of H-pyrrole nitrogens is 1. The van der Waals surface area contributed by atoms with Crippen molar-refractivity contribution in [3.05, 3.63) is 101 Å². The van der Waals surface area contributed by atoms with Crippen LogP contribution in [0.2, 0.25) is 5.15 Å². The quantitative estimate of drug-likeness (QED) is 0.127. The van der Waals surface area contributed by atoms with E-state index in [0.717, 1.165) is 89.0 Å². The number of nitrogens with zero attached hydrogens (tertiary/aromatic N) is 5. The van der Waals surface area contributed by atoms with Gasteiger partial charge in [0.15, 0.2) is 5.15 Å². The fraction of sp³-hybridized carbons (Fsp3) is 0.294. The normalized spacial score (nSPS) is 14.5. The number of benzene rings is 3. The van der Waals surface area contributed by atoms with Gasteiger partial charge < -0.3 is 9.30 Å². The first kappa shape index (κ1) is 31.5. The van der Waals surface area contributed by atoms with E-state index in [2.05, 4.69) is 67.8 Å². The number of aromatic amines is 1. The number of thioether (sulfide) groups is 1. The molecule has 0 spiro atoms. The molecule has 12 heteroatoms. The van der Waals surface area contributed by atoms with Crippen molar-refractivity contribution in [1.82, 2.24) is 35.5 Å². The summed E-state index contributed by atoms with van der Waals surface area (Å²) >= 11 is 7.77. The summed E-state index contributed by atoms with van der Waals surface area (Å²) in [6, 6.07) is 24.2. The molecule has 2 aromatic heterocycles. The van der Waals surface area contributed by atoms with Crippen molar-refractivity contribution in [3.8, 4) is 28.3 Å². The van der Waals surface area contributed by atoms with E-state index in [1.807, 2.05) is 42.5 Å². The number of carbonyl (C=O) groups excluding carboxylic acids is 2. The van der Waals surface area contributed by atoms with E-state index < -0.39 is 0 Å². The fourth-order valence-corrected chi connectivity index (χ4v) is 6.68. The summed E-state index contributed by atoms with van der Waals surface area (Å²) in [7, 11) is 0. The maximum Gasteiger partial charge on any atom is 0.286 e. The molecule has 1 saturated heterocycles. The molecule has 2 N–H and O–H groups in total. The standard InChI is InChI=1S/C34H34ClN7O3S/c1-2-3-10-30-36-31(35)28(9-6-19-45-25-17-13-22(14-18-25)20-29-33(43)37-34(44)46-29)42(30)21-23-11-15-24(16-12-23)26-7-4-5-8-27(26)32-38-40-41-39-32/h4-5,7-8,11-18,29H,2-3,6,9-10,19-21H2,1H3,(H,37,43,44)(H,38,39,40,41). The number of carbonyl (C=O) groups is 2. The van der Waals surface area contributed by atoms with Gasteiger partial charge in [-0.05, 0) is 65.3 Å². The zero-order chi connectivity index (χ0) is 31.9. The van der Waals surface area contributed by atoms with Crippen molar-refractivity contribution in [1.29, 1.82) is 0 Å². The maximum atomic E-state index is 11.9. The van der Waals surface area contributed by atoms with E-state index in [9.17, 15) is 9.59 Å². The summed E-state index contributed by atoms with van der Waals surface area (Å²) in [5.74, 6) is 2.09. The SMILES string of the molecule is CCCCc1nc(Cl)c(CCCOc2ccc(CC3SC(=O)NC3=O)cc2)n1Cc1ccc(-c2ccccc2-c2nn[nH]n2)cc1. The molecule has 6 rings (SSSR count). The third-order valence-corrected chi connectivity index (χ3v) is 9.20. The number of hydrogen-bond donors (Lipinski definition) is 2. The molecule has 1 aliphatic heterocycles. The van der Waals surface area contributed by atoms with Gasteiger partial charge in [0.05, 0.1) is 17.6 Å². The van der Waals surface area contributed by atoms with Gasteiger partial charge in [-0.1, -0.05) is 97.4 Å². The summed E-state index contributed by atoms with van der Waals surface area (Å²) in [6.07, 6.45) is 4.98. The predicted molar refractivity (Wildman–Crippen MR) is 179 cm³/mol. The van der Waals surface area contributed by atoms with E-state index in [-0.39, 0.29) is 16.4 Å². The first-order valence-corrected chi connectivity index (χ1v) is 16.6. The minimum Gasteiger partial charge on any atom is -0.494 e. The van der Waals surface area contributed by atoms with Crippen LogP contribution < -0.4 is 10.1 Å². The molecule has 0 bridgehead atoms. The molecular formula is C34H34ClN7O3S. The summed E-state index contributed by atoms with van der Waals surface area (Å²) < 4.78 is 8.29. The highest BCUT2D eigenvalue weighted by Gasteiger charge is 2.31. The number of ether oxygens (including phenoxy) is 1. The molecule has 3 aromatic carbocycles. The smallest absolute Gasteiger partial charge is 0.286 e. The highest BCUT2D eigenvalue weighted by atomic mass is 35.5. The van der Waals surface area contributed by atoms with Gasteiger partial charge >= 0.3 is 0 Å². The monoisotopic (exact) mass is 655 g/mol. The molecule has 0 saturated carbocycles. The summed E-state index contributed by atoms with van der Waals surface area (Å²) in [6.45, 7) is 3.37. The minimum atomic E-state index is -0.381. The number of rotatable bonds is 14. The lowest BCUT2D eigenvalue weighted by molar-refractivity contribution is -0.118. The summed E-state index contributed by atoms with van der Waals surface area (Å²) in [5.41, 5.74) is 6.18. The molecule has 1 fully saturated rings. The van der Waals surface area contributed by atoms with Gasteiger partial charge in [-0.15, -0.1) is 10.2 Å². The molecule has 5 aromatic rings. The number of imidazole rings is 1. The highest BCUT2D eigenvalue weighted by Crippen LogP contribution is 2.30. The Morgan fingerprint density at radius 2 is 1.70 bits per heavy atom. The number of unbranched alkanes of at least 4 members (excludes halogenated alkanes) is 1. The van der Waals surface area contributed by atoms with Crippen LogP contribution in [-0.4, -0.2) is 53.2 Å². The lowest BCUT2D eigenvalue weighted by Gasteiger charge is -2.14. The van der Waals surface area contributed by atoms with Gasteiger partial charge in [0, 0.05) is 18.5 Å². The molecule has 1 unspecified atom stereocenters. The van der Waals surface area contributed by atoms with Crippen LogP contribution in [0.5, 0.6) is 5.75 Å².